The van der Waals surface area contributed by atoms with Crippen LogP contribution in [0, 0.1) is 0 Å². The van der Waals surface area contributed by atoms with E-state index in [0.29, 0.717) is 17.1 Å². The molecule has 106 valence electrons. The lowest BCUT2D eigenvalue weighted by Gasteiger charge is -2.17. The van der Waals surface area contributed by atoms with Crippen LogP contribution in [-0.4, -0.2) is 22.8 Å². The van der Waals surface area contributed by atoms with E-state index in [9.17, 15) is 4.79 Å². The number of carbonyl (C=O) groups excluding carboxylic acids is 1. The third kappa shape index (κ3) is 3.06. The Bertz CT molecular complexity index is 782. The zero-order chi connectivity index (χ0) is 14.8. The van der Waals surface area contributed by atoms with Crippen molar-refractivity contribution in [2.24, 2.45) is 0 Å². The molecule has 0 aliphatic heterocycles. The molecule has 2 aromatic carbocycles. The Labute approximate surface area is 131 Å². The van der Waals surface area contributed by atoms with Crippen molar-refractivity contribution in [2.75, 3.05) is 7.05 Å². The average Bonchev–Trinajstić information content (AvgIpc) is 2.96. The van der Waals surface area contributed by atoms with Crippen LogP contribution >= 0.6 is 22.9 Å². The molecule has 5 heteroatoms. The number of hydrogen-bond acceptors (Lipinski definition) is 3. The Hall–Kier alpha value is -1.91. The van der Waals surface area contributed by atoms with Crippen LogP contribution in [0.2, 0.25) is 5.02 Å². The van der Waals surface area contributed by atoms with Crippen LogP contribution in [0.5, 0.6) is 0 Å². The summed E-state index contributed by atoms with van der Waals surface area (Å²) < 4.78 is 1.03. The molecule has 0 aliphatic rings. The first-order valence-corrected chi connectivity index (χ1v) is 7.72. The number of benzene rings is 2. The van der Waals surface area contributed by atoms with Crippen molar-refractivity contribution < 1.29 is 4.79 Å². The summed E-state index contributed by atoms with van der Waals surface area (Å²) in [5.41, 5.74) is 4.45. The van der Waals surface area contributed by atoms with Gasteiger partial charge in [0.15, 0.2) is 0 Å². The maximum atomic E-state index is 12.5. The number of nitrogens with zero attached hydrogens (tertiary/aromatic N) is 2. The second-order valence-corrected chi connectivity index (χ2v) is 6.15. The smallest absolute Gasteiger partial charge is 0.253 e. The summed E-state index contributed by atoms with van der Waals surface area (Å²) in [7, 11) is 1.80. The standard InChI is InChI=1S/C16H13ClN2OS/c1-19(9-11-2-5-13(17)6-3-11)16(20)12-4-7-14-15(8-12)21-10-18-14/h2-8,10H,9H2,1H3. The number of thiazole rings is 1. The predicted octanol–water partition coefficient (Wildman–Crippen LogP) is 4.22. The summed E-state index contributed by atoms with van der Waals surface area (Å²) >= 11 is 7.41. The van der Waals surface area contributed by atoms with Crippen LogP contribution in [0.25, 0.3) is 10.2 Å². The number of fused-ring (bicyclic) bond motifs is 1. The molecule has 0 aliphatic carbocycles. The molecule has 3 rings (SSSR count). The van der Waals surface area contributed by atoms with Gasteiger partial charge in [0.05, 0.1) is 15.7 Å². The van der Waals surface area contributed by atoms with Gasteiger partial charge in [-0.2, -0.15) is 0 Å². The average molecular weight is 317 g/mol. The highest BCUT2D eigenvalue weighted by Crippen LogP contribution is 2.20. The molecule has 1 amide bonds. The van der Waals surface area contributed by atoms with Crippen LogP contribution in [0.15, 0.2) is 48.0 Å². The van der Waals surface area contributed by atoms with E-state index in [0.717, 1.165) is 15.8 Å². The Kier molecular flexibility index (Phi) is 3.90. The van der Waals surface area contributed by atoms with Gasteiger partial charge in [-0.25, -0.2) is 4.98 Å². The van der Waals surface area contributed by atoms with Gasteiger partial charge in [0.25, 0.3) is 5.91 Å². The van der Waals surface area contributed by atoms with Gasteiger partial charge in [0, 0.05) is 24.2 Å². The minimum absolute atomic E-state index is 0.000231. The van der Waals surface area contributed by atoms with E-state index >= 15 is 0 Å². The van der Waals surface area contributed by atoms with Crippen LogP contribution in [0.1, 0.15) is 15.9 Å². The lowest BCUT2D eigenvalue weighted by molar-refractivity contribution is 0.0785. The predicted molar refractivity (Wildman–Crippen MR) is 86.9 cm³/mol. The summed E-state index contributed by atoms with van der Waals surface area (Å²) in [6.07, 6.45) is 0. The monoisotopic (exact) mass is 316 g/mol. The van der Waals surface area contributed by atoms with E-state index in [1.807, 2.05) is 42.5 Å². The molecule has 0 spiro atoms. The number of aromatic nitrogens is 1. The minimum Gasteiger partial charge on any atom is -0.337 e. The molecule has 0 N–H and O–H groups in total. The number of halogens is 1. The summed E-state index contributed by atoms with van der Waals surface area (Å²) in [4.78, 5) is 18.4. The second kappa shape index (κ2) is 5.84. The molecular weight excluding hydrogens is 304 g/mol. The molecule has 1 aromatic heterocycles. The highest BCUT2D eigenvalue weighted by molar-refractivity contribution is 7.16. The van der Waals surface area contributed by atoms with Crippen molar-refractivity contribution in [3.63, 3.8) is 0 Å². The van der Waals surface area contributed by atoms with Gasteiger partial charge in [-0.3, -0.25) is 4.79 Å². The molecule has 0 unspecified atom stereocenters. The molecular formula is C16H13ClN2OS. The first kappa shape index (κ1) is 14.0. The number of hydrogen-bond donors (Lipinski definition) is 0. The maximum Gasteiger partial charge on any atom is 0.253 e. The van der Waals surface area contributed by atoms with E-state index in [2.05, 4.69) is 4.98 Å². The molecule has 0 saturated carbocycles. The number of rotatable bonds is 3. The molecule has 1 heterocycles. The van der Waals surface area contributed by atoms with Crippen molar-refractivity contribution in [3.05, 3.63) is 64.1 Å². The van der Waals surface area contributed by atoms with Crippen LogP contribution < -0.4 is 0 Å². The van der Waals surface area contributed by atoms with Crippen molar-refractivity contribution in [1.29, 1.82) is 0 Å². The van der Waals surface area contributed by atoms with Gasteiger partial charge >= 0.3 is 0 Å². The van der Waals surface area contributed by atoms with Crippen molar-refractivity contribution >= 4 is 39.1 Å². The fourth-order valence-corrected chi connectivity index (χ4v) is 2.99. The fraction of sp³-hybridized carbons (Fsp3) is 0.125. The Morgan fingerprint density at radius 2 is 2.00 bits per heavy atom. The van der Waals surface area contributed by atoms with Gasteiger partial charge in [-0.1, -0.05) is 23.7 Å². The zero-order valence-electron chi connectivity index (χ0n) is 11.4. The third-order valence-electron chi connectivity index (χ3n) is 3.26. The van der Waals surface area contributed by atoms with E-state index in [1.54, 1.807) is 17.5 Å². The van der Waals surface area contributed by atoms with E-state index in [4.69, 9.17) is 11.6 Å². The summed E-state index contributed by atoms with van der Waals surface area (Å²) in [6.45, 7) is 0.552. The van der Waals surface area contributed by atoms with Crippen LogP contribution in [-0.2, 0) is 6.54 Å². The molecule has 0 radical (unpaired) electrons. The van der Waals surface area contributed by atoms with Crippen LogP contribution in [0.4, 0.5) is 0 Å². The largest absolute Gasteiger partial charge is 0.337 e. The van der Waals surface area contributed by atoms with E-state index in [-0.39, 0.29) is 5.91 Å². The molecule has 0 atom stereocenters. The lowest BCUT2D eigenvalue weighted by Crippen LogP contribution is -2.26. The summed E-state index contributed by atoms with van der Waals surface area (Å²) in [5.74, 6) is 0.000231. The van der Waals surface area contributed by atoms with Gasteiger partial charge in [0.2, 0.25) is 0 Å². The third-order valence-corrected chi connectivity index (χ3v) is 4.30. The normalized spacial score (nSPS) is 10.8. The molecule has 0 fully saturated rings. The Balaban J connectivity index is 1.78. The summed E-state index contributed by atoms with van der Waals surface area (Å²) in [6, 6.07) is 13.1. The highest BCUT2D eigenvalue weighted by atomic mass is 35.5. The quantitative estimate of drug-likeness (QED) is 0.724. The van der Waals surface area contributed by atoms with E-state index in [1.165, 1.54) is 11.3 Å². The first-order chi connectivity index (χ1) is 10.1. The molecule has 3 aromatic rings. The molecule has 21 heavy (non-hydrogen) atoms. The topological polar surface area (TPSA) is 33.2 Å². The van der Waals surface area contributed by atoms with Gasteiger partial charge < -0.3 is 4.90 Å². The highest BCUT2D eigenvalue weighted by Gasteiger charge is 2.13. The van der Waals surface area contributed by atoms with E-state index < -0.39 is 0 Å². The maximum absolute atomic E-state index is 12.5. The summed E-state index contributed by atoms with van der Waals surface area (Å²) in [5, 5.41) is 0.698. The molecule has 0 saturated heterocycles. The zero-order valence-corrected chi connectivity index (χ0v) is 13.0. The minimum atomic E-state index is 0.000231. The Morgan fingerprint density at radius 1 is 1.24 bits per heavy atom. The van der Waals surface area contributed by atoms with Crippen molar-refractivity contribution in [3.8, 4) is 0 Å². The number of carbonyl (C=O) groups is 1. The Morgan fingerprint density at radius 3 is 2.76 bits per heavy atom. The molecule has 3 nitrogen and oxygen atoms in total. The lowest BCUT2D eigenvalue weighted by atomic mass is 10.1. The van der Waals surface area contributed by atoms with Crippen molar-refractivity contribution in [1.82, 2.24) is 9.88 Å². The molecule has 0 bridgehead atoms. The van der Waals surface area contributed by atoms with Gasteiger partial charge in [-0.05, 0) is 35.9 Å². The van der Waals surface area contributed by atoms with Gasteiger partial charge in [0.1, 0.15) is 0 Å². The fourth-order valence-electron chi connectivity index (χ4n) is 2.14. The van der Waals surface area contributed by atoms with Gasteiger partial charge in [-0.15, -0.1) is 11.3 Å². The van der Waals surface area contributed by atoms with Crippen molar-refractivity contribution in [2.45, 2.75) is 6.54 Å². The second-order valence-electron chi connectivity index (χ2n) is 4.82. The van der Waals surface area contributed by atoms with Crippen LogP contribution in [0.3, 0.4) is 0 Å². The first-order valence-electron chi connectivity index (χ1n) is 6.46. The number of amides is 1. The SMILES string of the molecule is CN(Cc1ccc(Cl)cc1)C(=O)c1ccc2ncsc2c1.